The average Bonchev–Trinajstić information content (AvgIpc) is 2.53. The van der Waals surface area contributed by atoms with Crippen molar-refractivity contribution in [2.45, 2.75) is 44.4 Å². The minimum atomic E-state index is -0.0187. The molecule has 2 aliphatic rings. The Hall–Kier alpha value is -1.10. The molecule has 1 aliphatic heterocycles. The standard InChI is InChI=1S/C17H24N2O2.ClH/c1-21-16-7-6-13(10-15(16)18)17(20)19-9-8-12-4-2-3-5-14(12)11-19;/h2-5,13,15-16H,6-11,18H2,1H3;1H/t13-,15+,16+;/m0./s1. The zero-order chi connectivity index (χ0) is 14.8. The number of carbonyl (C=O) groups is 1. The minimum absolute atomic E-state index is 0. The number of hydrogen-bond donors (Lipinski definition) is 1. The number of methoxy groups -OCH3 is 1. The summed E-state index contributed by atoms with van der Waals surface area (Å²) in [7, 11) is 1.70. The highest BCUT2D eigenvalue weighted by atomic mass is 35.5. The van der Waals surface area contributed by atoms with Crippen molar-refractivity contribution in [3.05, 3.63) is 35.4 Å². The summed E-state index contributed by atoms with van der Waals surface area (Å²) in [5, 5.41) is 0. The largest absolute Gasteiger partial charge is 0.380 e. The first-order chi connectivity index (χ1) is 10.2. The molecule has 1 aliphatic carbocycles. The Balaban J connectivity index is 0.00000176. The van der Waals surface area contributed by atoms with Gasteiger partial charge in [0, 0.05) is 32.2 Å². The lowest BCUT2D eigenvalue weighted by Crippen LogP contribution is -2.47. The zero-order valence-electron chi connectivity index (χ0n) is 13.0. The number of rotatable bonds is 2. The molecule has 1 amide bonds. The molecule has 122 valence electrons. The molecule has 1 aromatic carbocycles. The second-order valence-electron chi connectivity index (χ2n) is 6.23. The van der Waals surface area contributed by atoms with E-state index in [1.807, 2.05) is 11.0 Å². The van der Waals surface area contributed by atoms with Crippen molar-refractivity contribution in [1.82, 2.24) is 4.90 Å². The summed E-state index contributed by atoms with van der Waals surface area (Å²) in [6, 6.07) is 8.39. The minimum Gasteiger partial charge on any atom is -0.380 e. The second-order valence-corrected chi connectivity index (χ2v) is 6.23. The van der Waals surface area contributed by atoms with Gasteiger partial charge in [-0.15, -0.1) is 12.4 Å². The lowest BCUT2D eigenvalue weighted by atomic mass is 9.83. The number of benzene rings is 1. The summed E-state index contributed by atoms with van der Waals surface area (Å²) >= 11 is 0. The predicted octanol–water partition coefficient (Wildman–Crippen LogP) is 2.14. The highest BCUT2D eigenvalue weighted by Gasteiger charge is 2.34. The van der Waals surface area contributed by atoms with Crippen LogP contribution in [0.2, 0.25) is 0 Å². The van der Waals surface area contributed by atoms with Crippen molar-refractivity contribution in [1.29, 1.82) is 0 Å². The van der Waals surface area contributed by atoms with Crippen LogP contribution in [0.15, 0.2) is 24.3 Å². The van der Waals surface area contributed by atoms with E-state index in [0.29, 0.717) is 0 Å². The number of fused-ring (bicyclic) bond motifs is 1. The third kappa shape index (κ3) is 3.45. The van der Waals surface area contributed by atoms with Crippen LogP contribution in [0.25, 0.3) is 0 Å². The fourth-order valence-corrected chi connectivity index (χ4v) is 3.64. The van der Waals surface area contributed by atoms with Crippen LogP contribution in [-0.4, -0.2) is 36.6 Å². The van der Waals surface area contributed by atoms with E-state index in [-0.39, 0.29) is 36.4 Å². The maximum Gasteiger partial charge on any atom is 0.226 e. The first-order valence-corrected chi connectivity index (χ1v) is 7.83. The highest BCUT2D eigenvalue weighted by Crippen LogP contribution is 2.29. The first-order valence-electron chi connectivity index (χ1n) is 7.83. The van der Waals surface area contributed by atoms with Gasteiger partial charge in [-0.25, -0.2) is 0 Å². The van der Waals surface area contributed by atoms with Crippen LogP contribution in [-0.2, 0) is 22.5 Å². The quantitative estimate of drug-likeness (QED) is 0.906. The Kier molecular flexibility index (Phi) is 5.84. The van der Waals surface area contributed by atoms with Crippen molar-refractivity contribution in [3.63, 3.8) is 0 Å². The van der Waals surface area contributed by atoms with Crippen LogP contribution in [0.3, 0.4) is 0 Å². The second kappa shape index (κ2) is 7.44. The fraction of sp³-hybridized carbons (Fsp3) is 0.588. The molecule has 0 aromatic heterocycles. The number of halogens is 1. The number of amides is 1. The van der Waals surface area contributed by atoms with E-state index in [4.69, 9.17) is 10.5 Å². The average molecular weight is 325 g/mol. The molecule has 0 saturated heterocycles. The van der Waals surface area contributed by atoms with Gasteiger partial charge in [-0.2, -0.15) is 0 Å². The van der Waals surface area contributed by atoms with Gasteiger partial charge in [0.1, 0.15) is 0 Å². The molecule has 5 heteroatoms. The maximum atomic E-state index is 12.7. The van der Waals surface area contributed by atoms with Gasteiger partial charge in [-0.3, -0.25) is 4.79 Å². The Morgan fingerprint density at radius 3 is 2.68 bits per heavy atom. The molecular weight excluding hydrogens is 300 g/mol. The van der Waals surface area contributed by atoms with Crippen LogP contribution in [0.1, 0.15) is 30.4 Å². The van der Waals surface area contributed by atoms with Crippen LogP contribution in [0, 0.1) is 5.92 Å². The molecule has 1 heterocycles. The molecule has 0 radical (unpaired) electrons. The lowest BCUT2D eigenvalue weighted by molar-refractivity contribution is -0.138. The summed E-state index contributed by atoms with van der Waals surface area (Å²) in [6.07, 6.45) is 3.59. The van der Waals surface area contributed by atoms with Crippen molar-refractivity contribution in [2.24, 2.45) is 11.7 Å². The van der Waals surface area contributed by atoms with Gasteiger partial charge in [-0.1, -0.05) is 24.3 Å². The molecule has 2 N–H and O–H groups in total. The van der Waals surface area contributed by atoms with Gasteiger partial charge in [0.05, 0.1) is 6.10 Å². The van der Waals surface area contributed by atoms with Gasteiger partial charge in [0.25, 0.3) is 0 Å². The summed E-state index contributed by atoms with van der Waals surface area (Å²) in [5.74, 6) is 0.339. The Morgan fingerprint density at radius 2 is 2.00 bits per heavy atom. The van der Waals surface area contributed by atoms with Crippen molar-refractivity contribution >= 4 is 18.3 Å². The van der Waals surface area contributed by atoms with E-state index in [0.717, 1.165) is 38.8 Å². The molecule has 3 rings (SSSR count). The van der Waals surface area contributed by atoms with Gasteiger partial charge >= 0.3 is 0 Å². The summed E-state index contributed by atoms with van der Waals surface area (Å²) in [6.45, 7) is 1.57. The van der Waals surface area contributed by atoms with Gasteiger partial charge in [0.15, 0.2) is 0 Å². The topological polar surface area (TPSA) is 55.6 Å². The lowest BCUT2D eigenvalue weighted by Gasteiger charge is -2.36. The summed E-state index contributed by atoms with van der Waals surface area (Å²) in [4.78, 5) is 14.7. The molecule has 22 heavy (non-hydrogen) atoms. The summed E-state index contributed by atoms with van der Waals surface area (Å²) < 4.78 is 5.37. The predicted molar refractivity (Wildman–Crippen MR) is 88.9 cm³/mol. The van der Waals surface area contributed by atoms with Gasteiger partial charge < -0.3 is 15.4 Å². The monoisotopic (exact) mass is 324 g/mol. The normalized spacial score (nSPS) is 27.7. The van der Waals surface area contributed by atoms with Gasteiger partial charge in [-0.05, 0) is 36.8 Å². The Bertz CT molecular complexity index is 523. The number of hydrogen-bond acceptors (Lipinski definition) is 3. The van der Waals surface area contributed by atoms with Crippen LogP contribution < -0.4 is 5.73 Å². The van der Waals surface area contributed by atoms with E-state index < -0.39 is 0 Å². The SMILES string of the molecule is CO[C@@H]1CC[C@H](C(=O)N2CCc3ccccc3C2)C[C@H]1N.Cl. The fourth-order valence-electron chi connectivity index (χ4n) is 3.64. The third-order valence-electron chi connectivity index (χ3n) is 4.93. The molecule has 4 nitrogen and oxygen atoms in total. The Labute approximate surface area is 138 Å². The van der Waals surface area contributed by atoms with E-state index in [1.54, 1.807) is 7.11 Å². The summed E-state index contributed by atoms with van der Waals surface area (Å²) in [5.41, 5.74) is 8.79. The number of nitrogens with two attached hydrogens (primary N) is 1. The van der Waals surface area contributed by atoms with Crippen molar-refractivity contribution < 1.29 is 9.53 Å². The molecule has 0 unspecified atom stereocenters. The van der Waals surface area contributed by atoms with E-state index in [1.165, 1.54) is 11.1 Å². The maximum absolute atomic E-state index is 12.7. The third-order valence-corrected chi connectivity index (χ3v) is 4.93. The molecule has 3 atom stereocenters. The van der Waals surface area contributed by atoms with E-state index >= 15 is 0 Å². The van der Waals surface area contributed by atoms with Crippen LogP contribution in [0.5, 0.6) is 0 Å². The van der Waals surface area contributed by atoms with Crippen molar-refractivity contribution in [3.8, 4) is 0 Å². The smallest absolute Gasteiger partial charge is 0.226 e. The number of nitrogens with zero attached hydrogens (tertiary/aromatic N) is 1. The Morgan fingerprint density at radius 1 is 1.27 bits per heavy atom. The molecule has 1 fully saturated rings. The molecule has 1 aromatic rings. The molecule has 0 spiro atoms. The molecule has 0 bridgehead atoms. The van der Waals surface area contributed by atoms with E-state index in [2.05, 4.69) is 18.2 Å². The first kappa shape index (κ1) is 17.3. The number of ether oxygens (including phenoxy) is 1. The van der Waals surface area contributed by atoms with Crippen LogP contribution >= 0.6 is 12.4 Å². The molecule has 1 saturated carbocycles. The van der Waals surface area contributed by atoms with Crippen molar-refractivity contribution in [2.75, 3.05) is 13.7 Å². The van der Waals surface area contributed by atoms with E-state index in [9.17, 15) is 4.79 Å². The van der Waals surface area contributed by atoms with Gasteiger partial charge in [0.2, 0.25) is 5.91 Å². The number of carbonyl (C=O) groups excluding carboxylic acids is 1. The highest BCUT2D eigenvalue weighted by molar-refractivity contribution is 5.85. The zero-order valence-corrected chi connectivity index (χ0v) is 13.8. The molecular formula is C17H25ClN2O2. The van der Waals surface area contributed by atoms with Crippen LogP contribution in [0.4, 0.5) is 0 Å².